The van der Waals surface area contributed by atoms with E-state index in [1.807, 2.05) is 6.92 Å². The molecule has 6 heterocycles. The normalized spacial score (nSPS) is 30.6. The number of likely N-dealkylation sites (tertiary alicyclic amines) is 2. The second-order valence-corrected chi connectivity index (χ2v) is 15.9. The van der Waals surface area contributed by atoms with E-state index in [1.165, 1.54) is 22.4 Å². The van der Waals surface area contributed by atoms with Crippen LogP contribution in [0.5, 0.6) is 0 Å². The van der Waals surface area contributed by atoms with Gasteiger partial charge in [0, 0.05) is 50.2 Å². The molecular formula is C33H45F3N4O7S. The van der Waals surface area contributed by atoms with Crippen molar-refractivity contribution in [3.63, 3.8) is 0 Å². The SMILES string of the molecule is C[C@@H](OCC12CCC(CC1)OC2)[C@@H](COC1CCOCC1)NC(=O)[C@@H]1CN(C(=O)c2cncs2)CC12CN(C(=O)C1(C(F)(F)F)CC1)C2. The molecule has 1 aromatic heterocycles. The van der Waals surface area contributed by atoms with Crippen molar-refractivity contribution in [2.45, 2.75) is 88.8 Å². The van der Waals surface area contributed by atoms with E-state index in [0.29, 0.717) is 37.4 Å². The van der Waals surface area contributed by atoms with Crippen LogP contribution in [0.4, 0.5) is 13.2 Å². The summed E-state index contributed by atoms with van der Waals surface area (Å²) in [6, 6.07) is -0.515. The van der Waals surface area contributed by atoms with Gasteiger partial charge in [-0.3, -0.25) is 19.4 Å². The molecule has 8 rings (SSSR count). The molecule has 3 amide bonds. The zero-order chi connectivity index (χ0) is 33.7. The van der Waals surface area contributed by atoms with Gasteiger partial charge in [-0.1, -0.05) is 0 Å². The molecule has 2 bridgehead atoms. The van der Waals surface area contributed by atoms with Crippen LogP contribution in [0.2, 0.25) is 0 Å². The Morgan fingerprint density at radius 1 is 1.08 bits per heavy atom. The summed E-state index contributed by atoms with van der Waals surface area (Å²) < 4.78 is 65.6. The van der Waals surface area contributed by atoms with Gasteiger partial charge in [0.05, 0.1) is 61.8 Å². The Labute approximate surface area is 282 Å². The molecule has 11 nitrogen and oxygen atoms in total. The molecule has 0 unspecified atom stereocenters. The van der Waals surface area contributed by atoms with Crippen LogP contribution < -0.4 is 5.32 Å². The van der Waals surface area contributed by atoms with Gasteiger partial charge in [-0.15, -0.1) is 11.3 Å². The third-order valence-electron chi connectivity index (χ3n) is 11.7. The lowest BCUT2D eigenvalue weighted by Gasteiger charge is -2.51. The van der Waals surface area contributed by atoms with Gasteiger partial charge in [-0.25, -0.2) is 0 Å². The Hall–Kier alpha value is -2.33. The largest absolute Gasteiger partial charge is 0.403 e. The van der Waals surface area contributed by atoms with Crippen LogP contribution in [0.3, 0.4) is 0 Å². The van der Waals surface area contributed by atoms with Crippen molar-refractivity contribution in [1.29, 1.82) is 0 Å². The Bertz CT molecular complexity index is 1330. The second kappa shape index (κ2) is 13.1. The topological polar surface area (TPSA) is 120 Å². The first kappa shape index (κ1) is 34.1. The maximum absolute atomic E-state index is 14.3. The Morgan fingerprint density at radius 2 is 1.79 bits per heavy atom. The predicted octanol–water partition coefficient (Wildman–Crippen LogP) is 3.43. The molecule has 266 valence electrons. The van der Waals surface area contributed by atoms with E-state index in [1.54, 1.807) is 10.4 Å². The van der Waals surface area contributed by atoms with Crippen molar-refractivity contribution in [1.82, 2.24) is 20.1 Å². The van der Waals surface area contributed by atoms with Crippen molar-refractivity contribution < 1.29 is 46.5 Å². The molecule has 2 saturated carbocycles. The third kappa shape index (κ3) is 6.49. The summed E-state index contributed by atoms with van der Waals surface area (Å²) in [5.74, 6) is -2.28. The number of hydrogen-bond donors (Lipinski definition) is 1. The number of aromatic nitrogens is 1. The molecule has 2 aliphatic carbocycles. The van der Waals surface area contributed by atoms with E-state index in [0.717, 1.165) is 38.5 Å². The van der Waals surface area contributed by atoms with Gasteiger partial charge < -0.3 is 34.1 Å². The lowest BCUT2D eigenvalue weighted by molar-refractivity contribution is -0.205. The number of alkyl halides is 3. The highest BCUT2D eigenvalue weighted by molar-refractivity contribution is 7.11. The summed E-state index contributed by atoms with van der Waals surface area (Å²) in [7, 11) is 0. The van der Waals surface area contributed by atoms with Crippen molar-refractivity contribution >= 4 is 29.1 Å². The van der Waals surface area contributed by atoms with E-state index in [9.17, 15) is 27.6 Å². The number of carbonyl (C=O) groups excluding carboxylic acids is 3. The number of hydrogen-bond acceptors (Lipinski definition) is 9. The minimum atomic E-state index is -4.62. The van der Waals surface area contributed by atoms with Crippen LogP contribution in [0.25, 0.3) is 0 Å². The zero-order valence-corrected chi connectivity index (χ0v) is 28.1. The monoisotopic (exact) mass is 698 g/mol. The van der Waals surface area contributed by atoms with Crippen LogP contribution in [0.1, 0.15) is 68.0 Å². The maximum Gasteiger partial charge on any atom is 0.403 e. The minimum absolute atomic E-state index is 0.00844. The van der Waals surface area contributed by atoms with Gasteiger partial charge in [0.25, 0.3) is 5.91 Å². The Kier molecular flexibility index (Phi) is 9.31. The molecule has 1 aromatic rings. The van der Waals surface area contributed by atoms with Gasteiger partial charge >= 0.3 is 6.18 Å². The van der Waals surface area contributed by atoms with Crippen LogP contribution in [0, 0.1) is 22.2 Å². The summed E-state index contributed by atoms with van der Waals surface area (Å²) in [4.78, 5) is 48.0. The van der Waals surface area contributed by atoms with Crippen LogP contribution in [-0.4, -0.2) is 122 Å². The number of carbonyl (C=O) groups is 3. The summed E-state index contributed by atoms with van der Waals surface area (Å²) in [5, 5.41) is 3.17. The maximum atomic E-state index is 14.3. The molecule has 15 heteroatoms. The Morgan fingerprint density at radius 3 is 2.40 bits per heavy atom. The standard InChI is InChI=1S/C33H45F3N4O7S/c1-21(46-18-30-6-2-22(3-7-30)47-19-30)25(14-45-23-4-10-44-11-5-23)38-27(41)24-13-39(28(42)26-12-37-20-48-26)15-31(24)16-40(17-31)29(43)32(8-9-32)33(34,35)36/h12,20-25H,2-11,13-19H2,1H3,(H,38,41)/t21-,22?,24+,25-,30?/m1/s1. The molecular weight excluding hydrogens is 653 g/mol. The molecule has 48 heavy (non-hydrogen) atoms. The third-order valence-corrected chi connectivity index (χ3v) is 12.5. The van der Waals surface area contributed by atoms with Gasteiger partial charge in [-0.05, 0) is 58.3 Å². The molecule has 1 N–H and O–H groups in total. The molecule has 7 fully saturated rings. The van der Waals surface area contributed by atoms with E-state index < -0.39 is 41.0 Å². The summed E-state index contributed by atoms with van der Waals surface area (Å²) in [6.45, 7) is 4.72. The fraction of sp³-hybridized carbons (Fsp3) is 0.818. The molecule has 7 aliphatic rings. The second-order valence-electron chi connectivity index (χ2n) is 15.0. The van der Waals surface area contributed by atoms with E-state index in [4.69, 9.17) is 18.9 Å². The molecule has 5 saturated heterocycles. The lowest BCUT2D eigenvalue weighted by atomic mass is 9.70. The van der Waals surface area contributed by atoms with E-state index in [2.05, 4.69) is 10.3 Å². The van der Waals surface area contributed by atoms with E-state index in [-0.39, 0.29) is 69.0 Å². The first-order chi connectivity index (χ1) is 22.9. The van der Waals surface area contributed by atoms with Gasteiger partial charge in [-0.2, -0.15) is 13.2 Å². The van der Waals surface area contributed by atoms with Gasteiger partial charge in [0.2, 0.25) is 11.8 Å². The number of halogens is 3. The van der Waals surface area contributed by atoms with Crippen LogP contribution in [0.15, 0.2) is 11.7 Å². The summed E-state index contributed by atoms with van der Waals surface area (Å²) in [6.07, 6.45) is 1.96. The highest BCUT2D eigenvalue weighted by Gasteiger charge is 2.71. The number of fused-ring (bicyclic) bond motifs is 3. The Balaban J connectivity index is 1.06. The quantitative estimate of drug-likeness (QED) is 0.374. The zero-order valence-electron chi connectivity index (χ0n) is 27.3. The van der Waals surface area contributed by atoms with Crippen LogP contribution in [-0.2, 0) is 28.5 Å². The minimum Gasteiger partial charge on any atom is -0.381 e. The molecule has 0 radical (unpaired) electrons. The predicted molar refractivity (Wildman–Crippen MR) is 166 cm³/mol. The van der Waals surface area contributed by atoms with Crippen molar-refractivity contribution in [2.24, 2.45) is 22.2 Å². The fourth-order valence-corrected chi connectivity index (χ4v) is 8.85. The highest BCUT2D eigenvalue weighted by atomic mass is 32.1. The fourth-order valence-electron chi connectivity index (χ4n) is 8.27. The number of rotatable bonds is 11. The van der Waals surface area contributed by atoms with E-state index >= 15 is 0 Å². The average Bonchev–Trinajstić information content (AvgIpc) is 3.54. The van der Waals surface area contributed by atoms with Crippen LogP contribution >= 0.6 is 11.3 Å². The lowest BCUT2D eigenvalue weighted by Crippen LogP contribution is -2.66. The van der Waals surface area contributed by atoms with Crippen molar-refractivity contribution in [2.75, 3.05) is 59.2 Å². The first-order valence-corrected chi connectivity index (χ1v) is 18.1. The summed E-state index contributed by atoms with van der Waals surface area (Å²) in [5.41, 5.74) is -1.68. The number of nitrogens with one attached hydrogen (secondary N) is 1. The average molecular weight is 699 g/mol. The number of thiazole rings is 1. The van der Waals surface area contributed by atoms with Gasteiger partial charge in [0.1, 0.15) is 10.3 Å². The molecule has 5 aliphatic heterocycles. The number of ether oxygens (including phenoxy) is 4. The van der Waals surface area contributed by atoms with Gasteiger partial charge in [0.15, 0.2) is 0 Å². The van der Waals surface area contributed by atoms with Crippen molar-refractivity contribution in [3.8, 4) is 0 Å². The highest BCUT2D eigenvalue weighted by Crippen LogP contribution is 2.60. The molecule has 1 spiro atoms. The number of amides is 3. The number of nitrogens with zero attached hydrogens (tertiary/aromatic N) is 3. The molecule has 0 aromatic carbocycles. The smallest absolute Gasteiger partial charge is 0.381 e. The molecule has 3 atom stereocenters. The first-order valence-electron chi connectivity index (χ1n) is 17.2. The summed E-state index contributed by atoms with van der Waals surface area (Å²) >= 11 is 1.19. The van der Waals surface area contributed by atoms with Crippen molar-refractivity contribution in [3.05, 3.63) is 16.6 Å².